The summed E-state index contributed by atoms with van der Waals surface area (Å²) in [5.74, 6) is -0.222. The van der Waals surface area contributed by atoms with Gasteiger partial charge in [-0.3, -0.25) is 0 Å². The molecular weight excluding hydrogens is 310 g/mol. The standard InChI is InChI=1S/C22H29NO2/c1-3-9-18-13-14-20(17-19(18)10-4-2)22(24)25-16-8-15-23-21-11-6-5-7-12-21/h5-7,11-14,17,23H,3-4,8-10,15-16H2,1-2H3. The highest BCUT2D eigenvalue weighted by Gasteiger charge is 2.10. The van der Waals surface area contributed by atoms with Crippen LogP contribution in [0.1, 0.15) is 54.6 Å². The minimum Gasteiger partial charge on any atom is -0.462 e. The lowest BCUT2D eigenvalue weighted by Gasteiger charge is -2.11. The molecule has 2 rings (SSSR count). The number of esters is 1. The topological polar surface area (TPSA) is 38.3 Å². The molecule has 134 valence electrons. The van der Waals surface area contributed by atoms with Crippen molar-refractivity contribution in [3.05, 3.63) is 65.2 Å². The molecule has 3 heteroatoms. The lowest BCUT2D eigenvalue weighted by atomic mass is 9.97. The van der Waals surface area contributed by atoms with Crippen LogP contribution in [-0.2, 0) is 17.6 Å². The average molecular weight is 339 g/mol. The average Bonchev–Trinajstić information content (AvgIpc) is 2.64. The third-order valence-electron chi connectivity index (χ3n) is 4.14. The summed E-state index contributed by atoms with van der Waals surface area (Å²) in [6.45, 7) is 5.56. The first-order valence-electron chi connectivity index (χ1n) is 9.32. The number of hydrogen-bond donors (Lipinski definition) is 1. The molecule has 3 nitrogen and oxygen atoms in total. The summed E-state index contributed by atoms with van der Waals surface area (Å²) in [7, 11) is 0. The van der Waals surface area contributed by atoms with Gasteiger partial charge in [-0.25, -0.2) is 4.79 Å². The van der Waals surface area contributed by atoms with Crippen molar-refractivity contribution in [3.8, 4) is 0 Å². The van der Waals surface area contributed by atoms with E-state index in [1.807, 2.05) is 42.5 Å². The number of carbonyl (C=O) groups excluding carboxylic acids is 1. The van der Waals surface area contributed by atoms with Crippen molar-refractivity contribution < 1.29 is 9.53 Å². The lowest BCUT2D eigenvalue weighted by Crippen LogP contribution is -2.11. The third kappa shape index (κ3) is 6.26. The van der Waals surface area contributed by atoms with Crippen molar-refractivity contribution >= 4 is 11.7 Å². The van der Waals surface area contributed by atoms with E-state index in [4.69, 9.17) is 4.74 Å². The normalized spacial score (nSPS) is 10.5. The Morgan fingerprint density at radius 3 is 2.40 bits per heavy atom. The van der Waals surface area contributed by atoms with Crippen LogP contribution in [0.25, 0.3) is 0 Å². The van der Waals surface area contributed by atoms with Crippen molar-refractivity contribution in [2.75, 3.05) is 18.5 Å². The van der Waals surface area contributed by atoms with Gasteiger partial charge in [0.15, 0.2) is 0 Å². The van der Waals surface area contributed by atoms with Gasteiger partial charge in [0.1, 0.15) is 0 Å². The predicted octanol–water partition coefficient (Wildman–Crippen LogP) is 5.25. The zero-order chi connectivity index (χ0) is 17.9. The van der Waals surface area contributed by atoms with Crippen LogP contribution < -0.4 is 5.32 Å². The van der Waals surface area contributed by atoms with E-state index < -0.39 is 0 Å². The Morgan fingerprint density at radius 1 is 0.960 bits per heavy atom. The summed E-state index contributed by atoms with van der Waals surface area (Å²) in [6, 6.07) is 16.0. The van der Waals surface area contributed by atoms with E-state index in [1.165, 1.54) is 11.1 Å². The maximum atomic E-state index is 12.3. The summed E-state index contributed by atoms with van der Waals surface area (Å²) >= 11 is 0. The quantitative estimate of drug-likeness (QED) is 0.474. The summed E-state index contributed by atoms with van der Waals surface area (Å²) in [6.07, 6.45) is 5.07. The first-order valence-corrected chi connectivity index (χ1v) is 9.32. The van der Waals surface area contributed by atoms with Gasteiger partial charge < -0.3 is 10.1 Å². The highest BCUT2D eigenvalue weighted by Crippen LogP contribution is 2.17. The second kappa shape index (κ2) is 10.5. The molecule has 0 unspecified atom stereocenters. The molecule has 0 aromatic heterocycles. The van der Waals surface area contributed by atoms with E-state index in [0.29, 0.717) is 12.2 Å². The maximum Gasteiger partial charge on any atom is 0.338 e. The molecule has 0 amide bonds. The first-order chi connectivity index (χ1) is 12.2. The zero-order valence-corrected chi connectivity index (χ0v) is 15.4. The van der Waals surface area contributed by atoms with Crippen molar-refractivity contribution in [2.45, 2.75) is 46.0 Å². The van der Waals surface area contributed by atoms with Gasteiger partial charge in [-0.1, -0.05) is 51.0 Å². The number of nitrogens with one attached hydrogen (secondary N) is 1. The summed E-state index contributed by atoms with van der Waals surface area (Å²) < 4.78 is 5.42. The molecule has 0 heterocycles. The van der Waals surface area contributed by atoms with Crippen LogP contribution in [0.2, 0.25) is 0 Å². The Labute approximate surface area is 151 Å². The van der Waals surface area contributed by atoms with Crippen LogP contribution in [0.4, 0.5) is 5.69 Å². The number of anilines is 1. The monoisotopic (exact) mass is 339 g/mol. The Bertz CT molecular complexity index is 652. The SMILES string of the molecule is CCCc1ccc(C(=O)OCCCNc2ccccc2)cc1CCC. The van der Waals surface area contributed by atoms with Crippen LogP contribution in [0.5, 0.6) is 0 Å². The molecule has 0 saturated carbocycles. The van der Waals surface area contributed by atoms with Gasteiger partial charge in [0.2, 0.25) is 0 Å². The molecule has 0 saturated heterocycles. The van der Waals surface area contributed by atoms with Crippen LogP contribution in [-0.4, -0.2) is 19.1 Å². The highest BCUT2D eigenvalue weighted by molar-refractivity contribution is 5.89. The molecule has 25 heavy (non-hydrogen) atoms. The van der Waals surface area contributed by atoms with Gasteiger partial charge in [0, 0.05) is 12.2 Å². The van der Waals surface area contributed by atoms with E-state index in [0.717, 1.165) is 44.3 Å². The second-order valence-electron chi connectivity index (χ2n) is 6.27. The number of carbonyl (C=O) groups is 1. The molecule has 0 aliphatic heterocycles. The van der Waals surface area contributed by atoms with E-state index in [1.54, 1.807) is 0 Å². The molecular formula is C22H29NO2. The summed E-state index contributed by atoms with van der Waals surface area (Å²) in [4.78, 5) is 12.3. The van der Waals surface area contributed by atoms with Gasteiger partial charge >= 0.3 is 5.97 Å². The van der Waals surface area contributed by atoms with Crippen LogP contribution in [0.15, 0.2) is 48.5 Å². The maximum absolute atomic E-state index is 12.3. The van der Waals surface area contributed by atoms with Crippen molar-refractivity contribution in [2.24, 2.45) is 0 Å². The van der Waals surface area contributed by atoms with Gasteiger partial charge in [-0.05, 0) is 54.7 Å². The Hall–Kier alpha value is -2.29. The number of para-hydroxylation sites is 1. The Balaban J connectivity index is 1.80. The van der Waals surface area contributed by atoms with E-state index in [2.05, 4.69) is 25.2 Å². The highest BCUT2D eigenvalue weighted by atomic mass is 16.5. The number of aryl methyl sites for hydroxylation is 2. The predicted molar refractivity (Wildman–Crippen MR) is 104 cm³/mol. The molecule has 0 bridgehead atoms. The largest absolute Gasteiger partial charge is 0.462 e. The van der Waals surface area contributed by atoms with E-state index in [9.17, 15) is 4.79 Å². The van der Waals surface area contributed by atoms with Crippen LogP contribution in [0.3, 0.4) is 0 Å². The number of rotatable bonds is 10. The fraction of sp³-hybridized carbons (Fsp3) is 0.409. The molecule has 0 aliphatic rings. The number of ether oxygens (including phenoxy) is 1. The Morgan fingerprint density at radius 2 is 1.68 bits per heavy atom. The summed E-state index contributed by atoms with van der Waals surface area (Å²) in [5, 5.41) is 3.31. The van der Waals surface area contributed by atoms with Crippen molar-refractivity contribution in [3.63, 3.8) is 0 Å². The fourth-order valence-electron chi connectivity index (χ4n) is 2.88. The molecule has 0 radical (unpaired) electrons. The van der Waals surface area contributed by atoms with Gasteiger partial charge in [0.05, 0.1) is 12.2 Å². The van der Waals surface area contributed by atoms with Gasteiger partial charge in [-0.2, -0.15) is 0 Å². The molecule has 0 aliphatic carbocycles. The molecule has 0 atom stereocenters. The molecule has 2 aromatic rings. The minimum absolute atomic E-state index is 0.222. The van der Waals surface area contributed by atoms with Crippen LogP contribution >= 0.6 is 0 Å². The third-order valence-corrected chi connectivity index (χ3v) is 4.14. The fourth-order valence-corrected chi connectivity index (χ4v) is 2.88. The second-order valence-corrected chi connectivity index (χ2v) is 6.27. The molecule has 2 aromatic carbocycles. The summed E-state index contributed by atoms with van der Waals surface area (Å²) in [5.41, 5.74) is 4.39. The number of benzene rings is 2. The lowest BCUT2D eigenvalue weighted by molar-refractivity contribution is 0.0503. The molecule has 0 fully saturated rings. The van der Waals surface area contributed by atoms with Crippen molar-refractivity contribution in [1.29, 1.82) is 0 Å². The van der Waals surface area contributed by atoms with Crippen molar-refractivity contribution in [1.82, 2.24) is 0 Å². The molecule has 1 N–H and O–H groups in total. The van der Waals surface area contributed by atoms with Crippen LogP contribution in [0, 0.1) is 0 Å². The number of hydrogen-bond acceptors (Lipinski definition) is 3. The van der Waals surface area contributed by atoms with E-state index in [-0.39, 0.29) is 5.97 Å². The zero-order valence-electron chi connectivity index (χ0n) is 15.4. The first kappa shape index (κ1) is 19.0. The van der Waals surface area contributed by atoms with Gasteiger partial charge in [0.25, 0.3) is 0 Å². The van der Waals surface area contributed by atoms with Gasteiger partial charge in [-0.15, -0.1) is 0 Å². The smallest absolute Gasteiger partial charge is 0.338 e. The minimum atomic E-state index is -0.222. The van der Waals surface area contributed by atoms with E-state index >= 15 is 0 Å². The Kier molecular flexibility index (Phi) is 8.03. The molecule has 0 spiro atoms.